The molecule has 2 heterocycles. The number of amides is 2. The Bertz CT molecular complexity index is 1150. The number of aromatic nitrogens is 3. The summed E-state index contributed by atoms with van der Waals surface area (Å²) in [6.45, 7) is 3.66. The lowest BCUT2D eigenvalue weighted by atomic mass is 10.0. The van der Waals surface area contributed by atoms with Crippen molar-refractivity contribution in [1.82, 2.24) is 14.8 Å². The number of aromatic amines is 1. The Labute approximate surface area is 191 Å². The zero-order chi connectivity index (χ0) is 24.0. The molecule has 0 aliphatic heterocycles. The van der Waals surface area contributed by atoms with Crippen LogP contribution in [-0.4, -0.2) is 46.8 Å². The lowest BCUT2D eigenvalue weighted by Crippen LogP contribution is -2.19. The predicted molar refractivity (Wildman–Crippen MR) is 123 cm³/mol. The molecular formula is C23H27N5O5. The number of H-pyrrole nitrogens is 1. The molecule has 3 rings (SSSR count). The lowest BCUT2D eigenvalue weighted by Gasteiger charge is -2.07. The van der Waals surface area contributed by atoms with Crippen molar-refractivity contribution in [2.24, 2.45) is 0 Å². The van der Waals surface area contributed by atoms with Gasteiger partial charge >= 0.3 is 5.97 Å². The Kier molecular flexibility index (Phi) is 7.50. The minimum absolute atomic E-state index is 0.0307. The number of carbonyl (C=O) groups is 3. The lowest BCUT2D eigenvalue weighted by molar-refractivity contribution is -0.116. The van der Waals surface area contributed by atoms with Gasteiger partial charge in [0.2, 0.25) is 5.91 Å². The van der Waals surface area contributed by atoms with Crippen LogP contribution >= 0.6 is 0 Å². The van der Waals surface area contributed by atoms with Gasteiger partial charge in [-0.15, -0.1) is 0 Å². The molecule has 2 aromatic heterocycles. The Morgan fingerprint density at radius 2 is 1.82 bits per heavy atom. The van der Waals surface area contributed by atoms with Crippen LogP contribution in [0.2, 0.25) is 0 Å². The maximum atomic E-state index is 12.9. The zero-order valence-corrected chi connectivity index (χ0v) is 19.0. The number of anilines is 2. The highest BCUT2D eigenvalue weighted by molar-refractivity contribution is 6.06. The van der Waals surface area contributed by atoms with Crippen LogP contribution in [0.25, 0.3) is 0 Å². The fourth-order valence-corrected chi connectivity index (χ4v) is 3.48. The van der Waals surface area contributed by atoms with Gasteiger partial charge in [-0.1, -0.05) is 13.3 Å². The molecule has 10 nitrogen and oxygen atoms in total. The molecule has 0 radical (unpaired) electrons. The molecule has 1 aromatic carbocycles. The number of hydrogen-bond acceptors (Lipinski definition) is 6. The number of aryl methyl sites for hydroxylation is 1. The van der Waals surface area contributed by atoms with Crippen molar-refractivity contribution in [3.05, 3.63) is 59.2 Å². The molecule has 0 atom stereocenters. The van der Waals surface area contributed by atoms with E-state index in [2.05, 4.69) is 20.7 Å². The van der Waals surface area contributed by atoms with Crippen molar-refractivity contribution in [2.75, 3.05) is 24.9 Å². The van der Waals surface area contributed by atoms with Crippen LogP contribution in [0.15, 0.2) is 36.7 Å². The van der Waals surface area contributed by atoms with Crippen LogP contribution in [0.1, 0.15) is 45.4 Å². The second kappa shape index (κ2) is 10.5. The fourth-order valence-electron chi connectivity index (χ4n) is 3.48. The zero-order valence-electron chi connectivity index (χ0n) is 19.0. The smallest absolute Gasteiger partial charge is 0.339 e. The van der Waals surface area contributed by atoms with E-state index in [9.17, 15) is 14.4 Å². The quantitative estimate of drug-likeness (QED) is 0.427. The second-order valence-electron chi connectivity index (χ2n) is 7.38. The molecule has 174 valence electrons. The Hall–Kier alpha value is -4.08. The summed E-state index contributed by atoms with van der Waals surface area (Å²) in [5.74, 6) is -0.464. The van der Waals surface area contributed by atoms with E-state index >= 15 is 0 Å². The van der Waals surface area contributed by atoms with Gasteiger partial charge in [0.1, 0.15) is 18.0 Å². The number of rotatable bonds is 9. The number of methoxy groups -OCH3 is 2. The van der Waals surface area contributed by atoms with E-state index in [1.807, 2.05) is 6.92 Å². The minimum Gasteiger partial charge on any atom is -0.497 e. The Balaban J connectivity index is 1.67. The average molecular weight is 453 g/mol. The van der Waals surface area contributed by atoms with Crippen LogP contribution < -0.4 is 15.4 Å². The predicted octanol–water partition coefficient (Wildman–Crippen LogP) is 3.16. The van der Waals surface area contributed by atoms with Crippen molar-refractivity contribution in [2.45, 2.75) is 33.2 Å². The van der Waals surface area contributed by atoms with Crippen LogP contribution in [0.3, 0.4) is 0 Å². The molecule has 10 heteroatoms. The third-order valence-electron chi connectivity index (χ3n) is 4.98. The van der Waals surface area contributed by atoms with Crippen molar-refractivity contribution >= 4 is 29.2 Å². The summed E-state index contributed by atoms with van der Waals surface area (Å²) < 4.78 is 11.4. The first-order chi connectivity index (χ1) is 15.9. The Morgan fingerprint density at radius 3 is 2.45 bits per heavy atom. The summed E-state index contributed by atoms with van der Waals surface area (Å²) in [4.78, 5) is 40.3. The molecule has 0 aliphatic carbocycles. The number of benzene rings is 1. The standard InChI is InChI=1S/C23H27N5O5/c1-5-6-18-20(23(31)33-4)14(2)25-21(18)22(30)27-16-11-24-28(12-16)13-19(29)26-15-7-9-17(32-3)10-8-15/h7-12,25H,5-6,13H2,1-4H3,(H,26,29)(H,27,30). The Morgan fingerprint density at radius 1 is 1.09 bits per heavy atom. The second-order valence-corrected chi connectivity index (χ2v) is 7.38. The van der Waals surface area contributed by atoms with Crippen LogP contribution in [0, 0.1) is 6.92 Å². The number of nitrogens with one attached hydrogen (secondary N) is 3. The number of esters is 1. The first kappa shape index (κ1) is 23.6. The first-order valence-electron chi connectivity index (χ1n) is 10.4. The van der Waals surface area contributed by atoms with Gasteiger partial charge in [-0.05, 0) is 43.2 Å². The number of ether oxygens (including phenoxy) is 2. The molecule has 3 aromatic rings. The van der Waals surface area contributed by atoms with Gasteiger partial charge < -0.3 is 25.1 Å². The van der Waals surface area contributed by atoms with Gasteiger partial charge in [0.05, 0.1) is 31.7 Å². The maximum absolute atomic E-state index is 12.9. The molecule has 0 saturated heterocycles. The molecule has 0 aliphatic rings. The van der Waals surface area contributed by atoms with E-state index < -0.39 is 11.9 Å². The third kappa shape index (κ3) is 5.59. The van der Waals surface area contributed by atoms with Gasteiger partial charge in [0.15, 0.2) is 0 Å². The van der Waals surface area contributed by atoms with E-state index in [1.54, 1.807) is 44.5 Å². The highest BCUT2D eigenvalue weighted by atomic mass is 16.5. The van der Waals surface area contributed by atoms with E-state index in [0.29, 0.717) is 46.1 Å². The van der Waals surface area contributed by atoms with Gasteiger partial charge in [-0.25, -0.2) is 4.79 Å². The van der Waals surface area contributed by atoms with E-state index in [-0.39, 0.29) is 12.5 Å². The summed E-state index contributed by atoms with van der Waals surface area (Å²) in [5.41, 5.74) is 2.93. The van der Waals surface area contributed by atoms with Gasteiger partial charge in [-0.3, -0.25) is 14.3 Å². The van der Waals surface area contributed by atoms with Gasteiger partial charge in [-0.2, -0.15) is 5.10 Å². The summed E-state index contributed by atoms with van der Waals surface area (Å²) in [7, 11) is 2.88. The molecule has 0 fully saturated rings. The van der Waals surface area contributed by atoms with Crippen molar-refractivity contribution in [3.8, 4) is 5.75 Å². The van der Waals surface area contributed by atoms with Crippen molar-refractivity contribution in [1.29, 1.82) is 0 Å². The van der Waals surface area contributed by atoms with E-state index in [1.165, 1.54) is 18.0 Å². The third-order valence-corrected chi connectivity index (χ3v) is 4.98. The molecule has 3 N–H and O–H groups in total. The van der Waals surface area contributed by atoms with Gasteiger partial charge in [0.25, 0.3) is 5.91 Å². The van der Waals surface area contributed by atoms with Crippen molar-refractivity contribution in [3.63, 3.8) is 0 Å². The summed E-state index contributed by atoms with van der Waals surface area (Å²) in [6.07, 6.45) is 4.31. The summed E-state index contributed by atoms with van der Waals surface area (Å²) in [6, 6.07) is 6.97. The van der Waals surface area contributed by atoms with E-state index in [4.69, 9.17) is 9.47 Å². The van der Waals surface area contributed by atoms with Crippen molar-refractivity contribution < 1.29 is 23.9 Å². The maximum Gasteiger partial charge on any atom is 0.339 e. The number of nitrogens with zero attached hydrogens (tertiary/aromatic N) is 2. The normalized spacial score (nSPS) is 10.5. The van der Waals surface area contributed by atoms with E-state index in [0.717, 1.165) is 6.42 Å². The van der Waals surface area contributed by atoms with Crippen LogP contribution in [-0.2, 0) is 22.5 Å². The minimum atomic E-state index is -0.484. The molecule has 33 heavy (non-hydrogen) atoms. The number of carbonyl (C=O) groups excluding carboxylic acids is 3. The average Bonchev–Trinajstić information content (AvgIpc) is 3.37. The van der Waals surface area contributed by atoms with Gasteiger partial charge in [0, 0.05) is 17.6 Å². The largest absolute Gasteiger partial charge is 0.497 e. The molecular weight excluding hydrogens is 426 g/mol. The molecule has 0 unspecified atom stereocenters. The summed E-state index contributed by atoms with van der Waals surface area (Å²) in [5, 5.41) is 9.66. The molecule has 0 saturated carbocycles. The topological polar surface area (TPSA) is 127 Å². The SMILES string of the molecule is CCCc1c(C(=O)Nc2cnn(CC(=O)Nc3ccc(OC)cc3)c2)[nH]c(C)c1C(=O)OC. The monoisotopic (exact) mass is 453 g/mol. The highest BCUT2D eigenvalue weighted by Gasteiger charge is 2.25. The summed E-state index contributed by atoms with van der Waals surface area (Å²) >= 11 is 0. The molecule has 0 bridgehead atoms. The molecule has 2 amide bonds. The van der Waals surface area contributed by atoms with Crippen LogP contribution in [0.4, 0.5) is 11.4 Å². The highest BCUT2D eigenvalue weighted by Crippen LogP contribution is 2.23. The van der Waals surface area contributed by atoms with Crippen LogP contribution in [0.5, 0.6) is 5.75 Å². The number of hydrogen-bond donors (Lipinski definition) is 3. The first-order valence-corrected chi connectivity index (χ1v) is 10.4. The fraction of sp³-hybridized carbons (Fsp3) is 0.304. The molecule has 0 spiro atoms.